The van der Waals surface area contributed by atoms with Gasteiger partial charge in [0.2, 0.25) is 0 Å². The Labute approximate surface area is 85.3 Å². The van der Waals surface area contributed by atoms with Gasteiger partial charge in [-0.05, 0) is 36.3 Å². The summed E-state index contributed by atoms with van der Waals surface area (Å²) in [6.07, 6.45) is 6.37. The molecule has 0 atom stereocenters. The van der Waals surface area contributed by atoms with Crippen LogP contribution in [0.3, 0.4) is 0 Å². The van der Waals surface area contributed by atoms with E-state index >= 15 is 0 Å². The number of aromatic nitrogens is 1. The largest absolute Gasteiger partial charge is 0.492 e. The van der Waals surface area contributed by atoms with Crippen molar-refractivity contribution in [3.8, 4) is 5.75 Å². The Balaban J connectivity index is 1.97. The molecule has 1 heterocycles. The summed E-state index contributed by atoms with van der Waals surface area (Å²) in [5, 5.41) is 0. The summed E-state index contributed by atoms with van der Waals surface area (Å²) in [5.74, 6) is 2.24. The van der Waals surface area contributed by atoms with Crippen LogP contribution < -0.4 is 4.74 Å². The van der Waals surface area contributed by atoms with Crippen molar-refractivity contribution in [2.75, 3.05) is 6.61 Å². The minimum Gasteiger partial charge on any atom is -0.492 e. The van der Waals surface area contributed by atoms with Crippen LogP contribution in [0.25, 0.3) is 0 Å². The quantitative estimate of drug-likeness (QED) is 0.730. The molecule has 1 aromatic heterocycles. The fourth-order valence-electron chi connectivity index (χ4n) is 1.33. The molecule has 1 fully saturated rings. The maximum atomic E-state index is 5.66. The Bertz CT molecular complexity index is 305. The van der Waals surface area contributed by atoms with Crippen LogP contribution in [-0.4, -0.2) is 11.6 Å². The summed E-state index contributed by atoms with van der Waals surface area (Å²) in [6, 6.07) is 2.10. The molecule has 1 aromatic rings. The highest BCUT2D eigenvalue weighted by Gasteiger charge is 2.21. The van der Waals surface area contributed by atoms with E-state index in [1.54, 1.807) is 6.20 Å². The first-order chi connectivity index (χ1) is 6.75. The minimum atomic E-state index is 0.520. The Kier molecular flexibility index (Phi) is 2.71. The van der Waals surface area contributed by atoms with E-state index < -0.39 is 0 Å². The molecule has 1 aliphatic carbocycles. The highest BCUT2D eigenvalue weighted by molar-refractivity contribution is 5.25. The molecule has 0 amide bonds. The van der Waals surface area contributed by atoms with Gasteiger partial charge in [-0.3, -0.25) is 4.98 Å². The fourth-order valence-corrected chi connectivity index (χ4v) is 1.33. The molecule has 0 bridgehead atoms. The number of hydrogen-bond acceptors (Lipinski definition) is 2. The summed E-state index contributed by atoms with van der Waals surface area (Å²) < 4.78 is 5.66. The normalized spacial score (nSPS) is 15.9. The second kappa shape index (κ2) is 3.99. The van der Waals surface area contributed by atoms with E-state index in [9.17, 15) is 0 Å². The molecule has 0 unspecified atom stereocenters. The molecule has 76 valence electrons. The molecule has 0 aromatic carbocycles. The zero-order valence-electron chi connectivity index (χ0n) is 8.86. The van der Waals surface area contributed by atoms with Crippen LogP contribution in [0.4, 0.5) is 0 Å². The van der Waals surface area contributed by atoms with Crippen LogP contribution in [0.2, 0.25) is 0 Å². The topological polar surface area (TPSA) is 22.1 Å². The van der Waals surface area contributed by atoms with Gasteiger partial charge in [0, 0.05) is 6.20 Å². The molecule has 1 aliphatic rings. The highest BCUT2D eigenvalue weighted by atomic mass is 16.5. The molecule has 0 spiro atoms. The summed E-state index contributed by atoms with van der Waals surface area (Å²) >= 11 is 0. The molecule has 0 aliphatic heterocycles. The second-order valence-electron chi connectivity index (χ2n) is 4.36. The third kappa shape index (κ3) is 2.47. The number of rotatable bonds is 4. The number of ether oxygens (including phenoxy) is 1. The summed E-state index contributed by atoms with van der Waals surface area (Å²) in [7, 11) is 0. The van der Waals surface area contributed by atoms with Gasteiger partial charge in [0.15, 0.2) is 0 Å². The van der Waals surface area contributed by atoms with Crippen molar-refractivity contribution < 1.29 is 4.74 Å². The first-order valence-electron chi connectivity index (χ1n) is 5.33. The lowest BCUT2D eigenvalue weighted by Crippen LogP contribution is -2.00. The van der Waals surface area contributed by atoms with E-state index in [4.69, 9.17) is 4.74 Å². The lowest BCUT2D eigenvalue weighted by molar-refractivity contribution is 0.298. The van der Waals surface area contributed by atoms with Gasteiger partial charge >= 0.3 is 0 Å². The van der Waals surface area contributed by atoms with Gasteiger partial charge in [-0.1, -0.05) is 13.8 Å². The predicted octanol–water partition coefficient (Wildman–Crippen LogP) is 2.99. The van der Waals surface area contributed by atoms with Crippen molar-refractivity contribution in [3.05, 3.63) is 24.0 Å². The zero-order chi connectivity index (χ0) is 9.97. The van der Waals surface area contributed by atoms with Gasteiger partial charge in [0.25, 0.3) is 0 Å². The van der Waals surface area contributed by atoms with Crippen LogP contribution >= 0.6 is 0 Å². The molecule has 2 rings (SSSR count). The van der Waals surface area contributed by atoms with Crippen LogP contribution in [0.15, 0.2) is 18.5 Å². The molecule has 2 heteroatoms. The maximum Gasteiger partial charge on any atom is 0.137 e. The Morgan fingerprint density at radius 1 is 1.43 bits per heavy atom. The Morgan fingerprint density at radius 3 is 2.86 bits per heavy atom. The molecular formula is C12H17NO. The zero-order valence-corrected chi connectivity index (χ0v) is 8.86. The molecular weight excluding hydrogens is 174 g/mol. The summed E-state index contributed by atoms with van der Waals surface area (Å²) in [6.45, 7) is 5.20. The maximum absolute atomic E-state index is 5.66. The third-order valence-electron chi connectivity index (χ3n) is 2.58. The molecule has 0 saturated heterocycles. The molecule has 14 heavy (non-hydrogen) atoms. The highest BCUT2D eigenvalue weighted by Crippen LogP contribution is 2.29. The first kappa shape index (κ1) is 9.50. The van der Waals surface area contributed by atoms with Gasteiger partial charge in [-0.2, -0.15) is 0 Å². The van der Waals surface area contributed by atoms with E-state index in [0.29, 0.717) is 5.92 Å². The third-order valence-corrected chi connectivity index (χ3v) is 2.58. The summed E-state index contributed by atoms with van der Waals surface area (Å²) in [4.78, 5) is 4.18. The van der Waals surface area contributed by atoms with Crippen molar-refractivity contribution in [2.24, 2.45) is 5.92 Å². The number of hydrogen-bond donors (Lipinski definition) is 0. The Hall–Kier alpha value is -1.05. The molecule has 0 radical (unpaired) electrons. The van der Waals surface area contributed by atoms with Gasteiger partial charge in [0.1, 0.15) is 5.75 Å². The lowest BCUT2D eigenvalue weighted by Gasteiger charge is -2.08. The van der Waals surface area contributed by atoms with E-state index in [0.717, 1.165) is 18.3 Å². The van der Waals surface area contributed by atoms with Crippen LogP contribution in [0.1, 0.15) is 38.2 Å². The van der Waals surface area contributed by atoms with E-state index in [2.05, 4.69) is 24.9 Å². The average molecular weight is 191 g/mol. The van der Waals surface area contributed by atoms with Gasteiger partial charge in [-0.15, -0.1) is 0 Å². The standard InChI is InChI=1S/C12H17NO/c1-9(2)11-5-12(7-13-6-11)14-8-10-3-4-10/h5-7,9-10H,3-4,8H2,1-2H3. The molecule has 1 saturated carbocycles. The van der Waals surface area contributed by atoms with Crippen molar-refractivity contribution >= 4 is 0 Å². The first-order valence-corrected chi connectivity index (χ1v) is 5.33. The van der Waals surface area contributed by atoms with Gasteiger partial charge < -0.3 is 4.74 Å². The van der Waals surface area contributed by atoms with Gasteiger partial charge in [0.05, 0.1) is 12.8 Å². The molecule has 2 nitrogen and oxygen atoms in total. The van der Waals surface area contributed by atoms with Crippen molar-refractivity contribution in [1.29, 1.82) is 0 Å². The van der Waals surface area contributed by atoms with Gasteiger partial charge in [-0.25, -0.2) is 0 Å². The fraction of sp³-hybridized carbons (Fsp3) is 0.583. The van der Waals surface area contributed by atoms with Crippen molar-refractivity contribution in [1.82, 2.24) is 4.98 Å². The van der Waals surface area contributed by atoms with E-state index in [-0.39, 0.29) is 0 Å². The van der Waals surface area contributed by atoms with Crippen LogP contribution in [0, 0.1) is 5.92 Å². The number of pyridine rings is 1. The smallest absolute Gasteiger partial charge is 0.137 e. The van der Waals surface area contributed by atoms with Crippen molar-refractivity contribution in [3.63, 3.8) is 0 Å². The SMILES string of the molecule is CC(C)c1cncc(OCC2CC2)c1. The molecule has 0 N–H and O–H groups in total. The Morgan fingerprint density at radius 2 is 2.21 bits per heavy atom. The van der Waals surface area contributed by atoms with Crippen LogP contribution in [0.5, 0.6) is 5.75 Å². The van der Waals surface area contributed by atoms with Crippen molar-refractivity contribution in [2.45, 2.75) is 32.6 Å². The summed E-state index contributed by atoms with van der Waals surface area (Å²) in [5.41, 5.74) is 1.25. The predicted molar refractivity (Wildman–Crippen MR) is 56.5 cm³/mol. The number of nitrogens with zero attached hydrogens (tertiary/aromatic N) is 1. The second-order valence-corrected chi connectivity index (χ2v) is 4.36. The van der Waals surface area contributed by atoms with Crippen LogP contribution in [-0.2, 0) is 0 Å². The van der Waals surface area contributed by atoms with E-state index in [1.165, 1.54) is 18.4 Å². The average Bonchev–Trinajstić information content (AvgIpc) is 2.99. The lowest BCUT2D eigenvalue weighted by atomic mass is 10.1. The monoisotopic (exact) mass is 191 g/mol. The van der Waals surface area contributed by atoms with E-state index in [1.807, 2.05) is 6.20 Å². The minimum absolute atomic E-state index is 0.520.